The lowest BCUT2D eigenvalue weighted by Crippen LogP contribution is -2.51. The number of benzene rings is 5. The van der Waals surface area contributed by atoms with Crippen molar-refractivity contribution in [3.05, 3.63) is 179 Å². The van der Waals surface area contributed by atoms with Crippen LogP contribution in [0.3, 0.4) is 0 Å². The number of alkyl carbamates (subject to hydrolysis) is 1. The zero-order valence-electron chi connectivity index (χ0n) is 66.7. The normalized spacial score (nSPS) is 18.6. The molecule has 4 aliphatic heterocycles. The summed E-state index contributed by atoms with van der Waals surface area (Å²) in [4.78, 5) is 128. The molecule has 0 spiro atoms. The van der Waals surface area contributed by atoms with Crippen molar-refractivity contribution in [3.8, 4) is 67.3 Å². The van der Waals surface area contributed by atoms with Crippen LogP contribution in [-0.4, -0.2) is 160 Å². The average molecular weight is 1550 g/mol. The van der Waals surface area contributed by atoms with Crippen LogP contribution in [0.5, 0.6) is 0 Å². The highest BCUT2D eigenvalue weighted by atomic mass is 16.6. The van der Waals surface area contributed by atoms with Crippen LogP contribution < -0.4 is 5.32 Å². The molecule has 7 atom stereocenters. The van der Waals surface area contributed by atoms with Gasteiger partial charge in [-0.1, -0.05) is 157 Å². The molecule has 5 N–H and O–H groups in total. The molecule has 4 aromatic heterocycles. The molecule has 25 nitrogen and oxygen atoms in total. The monoisotopic (exact) mass is 1550 g/mol. The Morgan fingerprint density at radius 3 is 1.46 bits per heavy atom. The number of likely N-dealkylation sites (tertiary alicyclic amines) is 4. The summed E-state index contributed by atoms with van der Waals surface area (Å²) in [5.41, 5.74) is 17.2. The van der Waals surface area contributed by atoms with Crippen molar-refractivity contribution in [2.75, 3.05) is 47.5 Å². The predicted octanol–water partition coefficient (Wildman–Crippen LogP) is 15.5. The van der Waals surface area contributed by atoms with Gasteiger partial charge in [0.05, 0.1) is 111 Å². The minimum Gasteiger partial charge on any atom is -0.469 e. The molecule has 4 saturated heterocycles. The fourth-order valence-corrected chi connectivity index (χ4v) is 17.5. The lowest BCUT2D eigenvalue weighted by Gasteiger charge is -2.30. The summed E-state index contributed by atoms with van der Waals surface area (Å²) >= 11 is 0. The summed E-state index contributed by atoms with van der Waals surface area (Å²) in [6.45, 7) is 14.3. The Morgan fingerprint density at radius 1 is 0.482 bits per heavy atom. The number of ether oxygens (including phenoxy) is 4. The molecule has 2 aliphatic carbocycles. The zero-order valence-corrected chi connectivity index (χ0v) is 66.7. The number of aryl methyl sites for hydroxylation is 3. The van der Waals surface area contributed by atoms with Gasteiger partial charge in [-0.05, 0) is 158 Å². The molecule has 114 heavy (non-hydrogen) atoms. The zero-order chi connectivity index (χ0) is 80.0. The van der Waals surface area contributed by atoms with Crippen LogP contribution in [-0.2, 0) is 75.2 Å². The van der Waals surface area contributed by atoms with E-state index in [1.54, 1.807) is 16.0 Å². The second-order valence-corrected chi connectivity index (χ2v) is 32.1. The number of hydrogen-bond donors (Lipinski definition) is 5. The summed E-state index contributed by atoms with van der Waals surface area (Å²) in [7, 11) is 3.99. The molecule has 0 radical (unpaired) electrons. The fourth-order valence-electron chi connectivity index (χ4n) is 17.5. The first-order valence-corrected chi connectivity index (χ1v) is 40.5. The number of hydrogen-bond acceptors (Lipinski definition) is 16. The summed E-state index contributed by atoms with van der Waals surface area (Å²) in [6.07, 6.45) is 14.5. The minimum atomic E-state index is -0.696. The number of H-pyrrole nitrogens is 3. The number of fused-ring (bicyclic) bond motifs is 6. The van der Waals surface area contributed by atoms with Crippen LogP contribution in [0.4, 0.5) is 9.59 Å². The van der Waals surface area contributed by atoms with Gasteiger partial charge in [0, 0.05) is 43.0 Å². The Labute approximate surface area is 665 Å². The molecule has 8 heterocycles. The standard InChI is InChI=1S/C45H50N6O5.C44H55N7O7/c1-28(2)35(25-40(52)55-3)44(53)50-22-8-15-39(50)43-47-36-13-7-12-33-24-32(20-21-34(33)41(36)49-43)30-16-18-31(19-17-30)37-26-46-42(48-37)38-14-9-23-51(38)45(54)56-27-29-10-5-4-6-11-29;1-25(2)32(23-37(52)57-5)42(53)50-21-9-13-36(50)41-47-39-31-19-18-29(22-30(31)10-7-11-34(39)51(41)56)27-14-16-28(17-15-27)33-24-45-40(46-33)35-12-8-20-49(35)43(54)38(26(3)4)48-44(55)58-6/h4-6,10-11,16-21,24,26,28,35,38-39H,7-9,12-15,22-23,25,27H2,1-3H3,(H,46,48)(H,47,49);14-19,22,24-26,32,35-36,38,56H,7-13,20-21,23H2,1-6H3,(H,45,46)(H,48,55)/t35-,38-,39-;32-,35-,36-,38-/m00/s1. The van der Waals surface area contributed by atoms with E-state index in [0.717, 1.165) is 184 Å². The third kappa shape index (κ3) is 16.8. The summed E-state index contributed by atoms with van der Waals surface area (Å²) in [6, 6.07) is 38.0. The third-order valence-corrected chi connectivity index (χ3v) is 23.9. The van der Waals surface area contributed by atoms with Crippen molar-refractivity contribution in [1.82, 2.24) is 64.5 Å². The van der Waals surface area contributed by atoms with E-state index in [-0.39, 0.29) is 91.2 Å². The maximum Gasteiger partial charge on any atom is 0.410 e. The van der Waals surface area contributed by atoms with Crippen molar-refractivity contribution in [2.24, 2.45) is 29.6 Å². The largest absolute Gasteiger partial charge is 0.469 e. The Balaban J connectivity index is 0.000000189. The van der Waals surface area contributed by atoms with Gasteiger partial charge < -0.3 is 59.1 Å². The summed E-state index contributed by atoms with van der Waals surface area (Å²) in [5.74, 6) is 0.686. The first-order valence-electron chi connectivity index (χ1n) is 40.5. The molecule has 4 fully saturated rings. The van der Waals surface area contributed by atoms with E-state index in [2.05, 4.69) is 105 Å². The number of aromatic nitrogens is 8. The number of imidazole rings is 4. The van der Waals surface area contributed by atoms with Crippen LogP contribution in [0.15, 0.2) is 128 Å². The second-order valence-electron chi connectivity index (χ2n) is 32.1. The third-order valence-electron chi connectivity index (χ3n) is 23.9. The van der Waals surface area contributed by atoms with E-state index >= 15 is 0 Å². The fraction of sp³-hybridized carbons (Fsp3) is 0.449. The van der Waals surface area contributed by atoms with Gasteiger partial charge >= 0.3 is 24.1 Å². The van der Waals surface area contributed by atoms with Crippen LogP contribution in [0, 0.1) is 29.6 Å². The molecule has 0 saturated carbocycles. The number of nitrogens with one attached hydrogen (secondary N) is 4. The highest BCUT2D eigenvalue weighted by Crippen LogP contribution is 2.44. The maximum atomic E-state index is 13.8. The van der Waals surface area contributed by atoms with Gasteiger partial charge in [0.2, 0.25) is 17.7 Å². The molecule has 15 rings (SSSR count). The van der Waals surface area contributed by atoms with E-state index < -0.39 is 29.9 Å². The molecule has 0 bridgehead atoms. The highest BCUT2D eigenvalue weighted by Gasteiger charge is 2.43. The van der Waals surface area contributed by atoms with Crippen molar-refractivity contribution in [3.63, 3.8) is 0 Å². The molecule has 6 aliphatic rings. The number of methoxy groups -OCH3 is 3. The molecule has 5 amide bonds. The van der Waals surface area contributed by atoms with E-state index in [1.807, 2.05) is 87.9 Å². The van der Waals surface area contributed by atoms with Gasteiger partial charge in [-0.15, -0.1) is 0 Å². The number of esters is 2. The molecular formula is C89H105N13O12. The molecule has 9 aromatic rings. The van der Waals surface area contributed by atoms with E-state index in [0.29, 0.717) is 44.8 Å². The number of aromatic amines is 3. The Hall–Kier alpha value is -11.4. The lowest BCUT2D eigenvalue weighted by molar-refractivity contribution is -0.148. The van der Waals surface area contributed by atoms with Crippen molar-refractivity contribution in [2.45, 2.75) is 181 Å². The topological polar surface area (TPSA) is 305 Å². The van der Waals surface area contributed by atoms with Crippen LogP contribution in [0.25, 0.3) is 67.3 Å². The smallest absolute Gasteiger partial charge is 0.410 e. The Bertz CT molecular complexity index is 4960. The maximum absolute atomic E-state index is 13.8. The number of carbonyl (C=O) groups is 7. The van der Waals surface area contributed by atoms with Crippen LogP contribution in [0.2, 0.25) is 0 Å². The number of amides is 5. The van der Waals surface area contributed by atoms with Crippen LogP contribution >= 0.6 is 0 Å². The van der Waals surface area contributed by atoms with E-state index in [1.165, 1.54) is 31.6 Å². The van der Waals surface area contributed by atoms with Gasteiger partial charge in [0.1, 0.15) is 30.1 Å². The second kappa shape index (κ2) is 34.9. The molecule has 0 unspecified atom stereocenters. The van der Waals surface area contributed by atoms with Crippen molar-refractivity contribution in [1.29, 1.82) is 0 Å². The first kappa shape index (κ1) is 79.3. The van der Waals surface area contributed by atoms with Gasteiger partial charge in [0.25, 0.3) is 0 Å². The summed E-state index contributed by atoms with van der Waals surface area (Å²) in [5, 5.41) is 14.2. The SMILES string of the molecule is COC(=O)C[C@H](C(=O)N1CCC[C@H]1c1nc2c([nH]1)CCCc1cc(-c3ccc(-c4cnc([C@@H]5CCCN5C(=O)OCc5ccccc5)[nH]4)cc3)ccc1-2)C(C)C.COC(=O)C[C@H](C(=O)N1CCC[C@H]1c1nc2c(n1O)CCCc1cc(-c3ccc(-c4cnc([C@@H]5CCCN5C(=O)[C@@H](NC(=O)OC)C(C)C)[nH]4)cc3)ccc1-2)C(C)C. The van der Waals surface area contributed by atoms with Crippen molar-refractivity contribution >= 4 is 41.8 Å². The van der Waals surface area contributed by atoms with Gasteiger partial charge in [-0.25, -0.2) is 29.5 Å². The molecule has 25 heteroatoms. The lowest BCUT2D eigenvalue weighted by atomic mass is 9.90. The predicted molar refractivity (Wildman–Crippen MR) is 429 cm³/mol. The van der Waals surface area contributed by atoms with Gasteiger partial charge in [-0.2, -0.15) is 4.73 Å². The van der Waals surface area contributed by atoms with E-state index in [4.69, 9.17) is 38.9 Å². The van der Waals surface area contributed by atoms with Gasteiger partial charge in [-0.3, -0.25) is 28.9 Å². The quantitative estimate of drug-likeness (QED) is 0.0254. The van der Waals surface area contributed by atoms with Crippen molar-refractivity contribution < 1.29 is 57.7 Å². The molecular weight excluding hydrogens is 1440 g/mol. The number of rotatable bonds is 21. The van der Waals surface area contributed by atoms with E-state index in [9.17, 15) is 38.8 Å². The Morgan fingerprint density at radius 2 is 0.947 bits per heavy atom. The number of carbonyl (C=O) groups excluding carboxylic acids is 7. The Kier molecular flexibility index (Phi) is 24.3. The average Bonchev–Trinajstić information content (AvgIpc) is 1.59. The summed E-state index contributed by atoms with van der Waals surface area (Å²) < 4.78 is 21.4. The number of nitrogens with zero attached hydrogens (tertiary/aromatic N) is 9. The molecule has 598 valence electrons. The highest BCUT2D eigenvalue weighted by molar-refractivity contribution is 5.88. The first-order chi connectivity index (χ1) is 55.2. The van der Waals surface area contributed by atoms with Crippen LogP contribution in [0.1, 0.15) is 194 Å². The molecule has 5 aromatic carbocycles. The van der Waals surface area contributed by atoms with Gasteiger partial charge in [0.15, 0.2) is 5.82 Å². The minimum absolute atomic E-state index is 0.000674.